The quantitative estimate of drug-likeness (QED) is 0.833. The van der Waals surface area contributed by atoms with Gasteiger partial charge in [-0.15, -0.1) is 0 Å². The zero-order chi connectivity index (χ0) is 13.0. The highest BCUT2D eigenvalue weighted by atomic mass is 32.2. The highest BCUT2D eigenvalue weighted by molar-refractivity contribution is 7.91. The fraction of sp³-hybridized carbons (Fsp3) is 0.571. The SMILES string of the molecule is Nc1ccccc1CCS(=O)(=O)CC1CCCC1. The first-order valence-corrected chi connectivity index (χ1v) is 8.43. The van der Waals surface area contributed by atoms with Crippen LogP contribution in [-0.2, 0) is 16.3 Å². The zero-order valence-electron chi connectivity index (χ0n) is 10.6. The minimum absolute atomic E-state index is 0.220. The second-order valence-electron chi connectivity index (χ2n) is 5.21. The summed E-state index contributed by atoms with van der Waals surface area (Å²) in [5, 5.41) is 0. The van der Waals surface area contributed by atoms with Crippen molar-refractivity contribution in [3.05, 3.63) is 29.8 Å². The minimum atomic E-state index is -2.94. The number of para-hydroxylation sites is 1. The fourth-order valence-electron chi connectivity index (χ4n) is 2.65. The Hall–Kier alpha value is -1.03. The van der Waals surface area contributed by atoms with E-state index in [4.69, 9.17) is 5.73 Å². The molecule has 2 N–H and O–H groups in total. The van der Waals surface area contributed by atoms with Gasteiger partial charge in [0.15, 0.2) is 9.84 Å². The summed E-state index contributed by atoms with van der Waals surface area (Å²) in [5.41, 5.74) is 7.44. The molecule has 1 aromatic carbocycles. The summed E-state index contributed by atoms with van der Waals surface area (Å²) in [6, 6.07) is 7.49. The van der Waals surface area contributed by atoms with E-state index in [0.717, 1.165) is 18.4 Å². The summed E-state index contributed by atoms with van der Waals surface area (Å²) in [6.07, 6.45) is 5.05. The molecule has 0 bridgehead atoms. The number of hydrogen-bond acceptors (Lipinski definition) is 3. The summed E-state index contributed by atoms with van der Waals surface area (Å²) in [4.78, 5) is 0. The molecular weight excluding hydrogens is 246 g/mol. The summed E-state index contributed by atoms with van der Waals surface area (Å²) in [6.45, 7) is 0. The van der Waals surface area contributed by atoms with Crippen LogP contribution in [0.1, 0.15) is 31.2 Å². The molecule has 1 fully saturated rings. The van der Waals surface area contributed by atoms with Crippen molar-refractivity contribution < 1.29 is 8.42 Å². The van der Waals surface area contributed by atoms with Gasteiger partial charge in [0.1, 0.15) is 0 Å². The third kappa shape index (κ3) is 3.73. The number of aryl methyl sites for hydroxylation is 1. The first-order valence-electron chi connectivity index (χ1n) is 6.61. The predicted molar refractivity (Wildman–Crippen MR) is 75.2 cm³/mol. The van der Waals surface area contributed by atoms with Crippen molar-refractivity contribution in [1.82, 2.24) is 0 Å². The molecule has 18 heavy (non-hydrogen) atoms. The van der Waals surface area contributed by atoms with Gasteiger partial charge in [0.05, 0.1) is 11.5 Å². The number of nitrogen functional groups attached to an aromatic ring is 1. The number of anilines is 1. The molecule has 0 aromatic heterocycles. The average Bonchev–Trinajstić information content (AvgIpc) is 2.80. The average molecular weight is 267 g/mol. The summed E-state index contributed by atoms with van der Waals surface area (Å²) >= 11 is 0. The Morgan fingerprint density at radius 1 is 1.17 bits per heavy atom. The minimum Gasteiger partial charge on any atom is -0.399 e. The summed E-state index contributed by atoms with van der Waals surface area (Å²) in [7, 11) is -2.94. The van der Waals surface area contributed by atoms with Gasteiger partial charge >= 0.3 is 0 Å². The van der Waals surface area contributed by atoms with Crippen molar-refractivity contribution in [2.45, 2.75) is 32.1 Å². The summed E-state index contributed by atoms with van der Waals surface area (Å²) < 4.78 is 24.1. The molecule has 1 aliphatic rings. The standard InChI is InChI=1S/C14H21NO2S/c15-14-8-4-3-7-13(14)9-10-18(16,17)11-12-5-1-2-6-12/h3-4,7-8,12H,1-2,5-6,9-11,15H2. The molecule has 0 radical (unpaired) electrons. The third-order valence-corrected chi connectivity index (χ3v) is 5.51. The predicted octanol–water partition coefficient (Wildman–Crippen LogP) is 2.42. The van der Waals surface area contributed by atoms with Gasteiger partial charge in [-0.25, -0.2) is 8.42 Å². The third-order valence-electron chi connectivity index (χ3n) is 3.70. The molecule has 0 saturated heterocycles. The van der Waals surface area contributed by atoms with Crippen molar-refractivity contribution in [1.29, 1.82) is 0 Å². The smallest absolute Gasteiger partial charge is 0.150 e. The number of sulfone groups is 1. The van der Waals surface area contributed by atoms with Gasteiger partial charge in [0.25, 0.3) is 0 Å². The van der Waals surface area contributed by atoms with Crippen LogP contribution >= 0.6 is 0 Å². The maximum Gasteiger partial charge on any atom is 0.150 e. The first-order chi connectivity index (χ1) is 8.57. The Kier molecular flexibility index (Phi) is 4.27. The van der Waals surface area contributed by atoms with Gasteiger partial charge < -0.3 is 5.73 Å². The van der Waals surface area contributed by atoms with Gasteiger partial charge in [-0.05, 0) is 36.8 Å². The Morgan fingerprint density at radius 2 is 1.83 bits per heavy atom. The fourth-order valence-corrected chi connectivity index (χ4v) is 4.40. The summed E-state index contributed by atoms with van der Waals surface area (Å²) in [5.74, 6) is 0.973. The molecule has 2 rings (SSSR count). The Morgan fingerprint density at radius 3 is 2.50 bits per heavy atom. The normalized spacial score (nSPS) is 17.1. The van der Waals surface area contributed by atoms with Crippen LogP contribution in [0.25, 0.3) is 0 Å². The molecule has 4 heteroatoms. The van der Waals surface area contributed by atoms with E-state index in [1.807, 2.05) is 24.3 Å². The van der Waals surface area contributed by atoms with Crippen LogP contribution in [0, 0.1) is 5.92 Å². The molecule has 0 heterocycles. The van der Waals surface area contributed by atoms with Crippen LogP contribution in [0.2, 0.25) is 0 Å². The molecule has 0 spiro atoms. The molecule has 1 aromatic rings. The highest BCUT2D eigenvalue weighted by Gasteiger charge is 2.22. The van der Waals surface area contributed by atoms with E-state index in [0.29, 0.717) is 23.8 Å². The Bertz CT molecular complexity index is 490. The maximum absolute atomic E-state index is 12.0. The van der Waals surface area contributed by atoms with E-state index in [2.05, 4.69) is 0 Å². The largest absolute Gasteiger partial charge is 0.399 e. The van der Waals surface area contributed by atoms with Crippen LogP contribution in [-0.4, -0.2) is 19.9 Å². The lowest BCUT2D eigenvalue weighted by atomic mass is 10.1. The molecule has 1 aliphatic carbocycles. The van der Waals surface area contributed by atoms with Gasteiger partial charge in [0, 0.05) is 5.69 Å². The number of rotatable bonds is 5. The lowest BCUT2D eigenvalue weighted by Crippen LogP contribution is -2.18. The molecule has 3 nitrogen and oxygen atoms in total. The van der Waals surface area contributed by atoms with Crippen LogP contribution < -0.4 is 5.73 Å². The van der Waals surface area contributed by atoms with E-state index in [1.165, 1.54) is 12.8 Å². The second-order valence-corrected chi connectivity index (χ2v) is 7.44. The van der Waals surface area contributed by atoms with Crippen LogP contribution in [0.4, 0.5) is 5.69 Å². The topological polar surface area (TPSA) is 60.2 Å². The molecular formula is C14H21NO2S. The monoisotopic (exact) mass is 267 g/mol. The molecule has 0 amide bonds. The van der Waals surface area contributed by atoms with E-state index in [-0.39, 0.29) is 5.75 Å². The number of hydrogen-bond donors (Lipinski definition) is 1. The van der Waals surface area contributed by atoms with Crippen LogP contribution in [0.5, 0.6) is 0 Å². The highest BCUT2D eigenvalue weighted by Crippen LogP contribution is 2.26. The van der Waals surface area contributed by atoms with Crippen molar-refractivity contribution in [3.8, 4) is 0 Å². The maximum atomic E-state index is 12.0. The molecule has 1 saturated carbocycles. The van der Waals surface area contributed by atoms with Gasteiger partial charge in [-0.2, -0.15) is 0 Å². The second kappa shape index (κ2) is 5.74. The van der Waals surface area contributed by atoms with E-state index in [9.17, 15) is 8.42 Å². The van der Waals surface area contributed by atoms with E-state index >= 15 is 0 Å². The molecule has 0 atom stereocenters. The molecule has 0 unspecified atom stereocenters. The van der Waals surface area contributed by atoms with E-state index < -0.39 is 9.84 Å². The van der Waals surface area contributed by atoms with Gasteiger partial charge in [-0.1, -0.05) is 31.0 Å². The van der Waals surface area contributed by atoms with Gasteiger partial charge in [0.2, 0.25) is 0 Å². The Balaban J connectivity index is 1.90. The van der Waals surface area contributed by atoms with Gasteiger partial charge in [-0.3, -0.25) is 0 Å². The number of benzene rings is 1. The van der Waals surface area contributed by atoms with E-state index in [1.54, 1.807) is 0 Å². The zero-order valence-corrected chi connectivity index (χ0v) is 11.5. The lowest BCUT2D eigenvalue weighted by Gasteiger charge is -2.10. The number of nitrogens with two attached hydrogens (primary N) is 1. The molecule has 100 valence electrons. The Labute approximate surface area is 109 Å². The van der Waals surface area contributed by atoms with Crippen molar-refractivity contribution in [3.63, 3.8) is 0 Å². The lowest BCUT2D eigenvalue weighted by molar-refractivity contribution is 0.558. The molecule has 0 aliphatic heterocycles. The van der Waals surface area contributed by atoms with Crippen LogP contribution in [0.15, 0.2) is 24.3 Å². The first kappa shape index (κ1) is 13.4. The van der Waals surface area contributed by atoms with Crippen molar-refractivity contribution in [2.75, 3.05) is 17.2 Å². The van der Waals surface area contributed by atoms with Crippen LogP contribution in [0.3, 0.4) is 0 Å². The van der Waals surface area contributed by atoms with Crippen molar-refractivity contribution in [2.24, 2.45) is 5.92 Å². The van der Waals surface area contributed by atoms with Crippen molar-refractivity contribution >= 4 is 15.5 Å².